The molecule has 1 aromatic heterocycles. The highest BCUT2D eigenvalue weighted by Gasteiger charge is 2.18. The van der Waals surface area contributed by atoms with Crippen LogP contribution in [0.15, 0.2) is 77.7 Å². The number of fused-ring (bicyclic) bond motifs is 2. The first-order valence-electron chi connectivity index (χ1n) is 7.91. The SMILES string of the molecule is Cc1ccc(S(=O)(=O)Nc2c3ccccc3nc3ccccc23)cc1. The van der Waals surface area contributed by atoms with E-state index in [0.29, 0.717) is 5.69 Å². The van der Waals surface area contributed by atoms with Crippen LogP contribution < -0.4 is 4.72 Å². The third kappa shape index (κ3) is 2.83. The Kier molecular flexibility index (Phi) is 3.66. The fraction of sp³-hybridized carbons (Fsp3) is 0.0500. The quantitative estimate of drug-likeness (QED) is 0.555. The van der Waals surface area contributed by atoms with Gasteiger partial charge in [0, 0.05) is 10.8 Å². The summed E-state index contributed by atoms with van der Waals surface area (Å²) in [5, 5.41) is 1.55. The molecule has 3 aromatic carbocycles. The van der Waals surface area contributed by atoms with Gasteiger partial charge in [-0.15, -0.1) is 0 Å². The van der Waals surface area contributed by atoms with Crippen molar-refractivity contribution in [3.05, 3.63) is 78.4 Å². The third-order valence-corrected chi connectivity index (χ3v) is 5.52. The molecule has 1 N–H and O–H groups in total. The first-order valence-corrected chi connectivity index (χ1v) is 9.40. The third-order valence-electron chi connectivity index (χ3n) is 4.16. The summed E-state index contributed by atoms with van der Waals surface area (Å²) in [6.45, 7) is 1.92. The Morgan fingerprint density at radius 3 is 1.84 bits per heavy atom. The summed E-state index contributed by atoms with van der Waals surface area (Å²) < 4.78 is 28.5. The number of pyridine rings is 1. The molecule has 4 nitrogen and oxygen atoms in total. The van der Waals surface area contributed by atoms with Gasteiger partial charge >= 0.3 is 0 Å². The van der Waals surface area contributed by atoms with Gasteiger partial charge < -0.3 is 0 Å². The minimum atomic E-state index is -3.69. The van der Waals surface area contributed by atoms with E-state index in [4.69, 9.17) is 0 Å². The van der Waals surface area contributed by atoms with Crippen molar-refractivity contribution in [3.8, 4) is 0 Å². The van der Waals surface area contributed by atoms with Crippen LogP contribution in [-0.4, -0.2) is 13.4 Å². The number of nitrogens with zero attached hydrogens (tertiary/aromatic N) is 1. The van der Waals surface area contributed by atoms with Gasteiger partial charge in [-0.25, -0.2) is 13.4 Å². The number of aryl methyl sites for hydroxylation is 1. The van der Waals surface area contributed by atoms with E-state index < -0.39 is 10.0 Å². The van der Waals surface area contributed by atoms with E-state index in [0.717, 1.165) is 27.4 Å². The maximum Gasteiger partial charge on any atom is 0.261 e. The number of rotatable bonds is 3. The molecular formula is C20H16N2O2S. The first kappa shape index (κ1) is 15.6. The number of aromatic nitrogens is 1. The Balaban J connectivity index is 1.94. The molecule has 5 heteroatoms. The van der Waals surface area contributed by atoms with Gasteiger partial charge in [0.25, 0.3) is 10.0 Å². The molecule has 0 atom stereocenters. The Bertz CT molecular complexity index is 1130. The molecule has 0 unspecified atom stereocenters. The van der Waals surface area contributed by atoms with Gasteiger partial charge in [0.2, 0.25) is 0 Å². The predicted octanol–water partition coefficient (Wildman–Crippen LogP) is 4.50. The van der Waals surface area contributed by atoms with Crippen LogP contribution >= 0.6 is 0 Å². The van der Waals surface area contributed by atoms with E-state index in [1.54, 1.807) is 24.3 Å². The van der Waals surface area contributed by atoms with E-state index in [9.17, 15) is 8.42 Å². The molecule has 4 aromatic rings. The number of para-hydroxylation sites is 2. The fourth-order valence-electron chi connectivity index (χ4n) is 2.86. The largest absolute Gasteiger partial charge is 0.278 e. The molecular weight excluding hydrogens is 332 g/mol. The molecule has 25 heavy (non-hydrogen) atoms. The molecule has 0 aliphatic heterocycles. The average Bonchev–Trinajstić information content (AvgIpc) is 2.62. The molecule has 0 fully saturated rings. The lowest BCUT2D eigenvalue weighted by atomic mass is 10.1. The van der Waals surface area contributed by atoms with E-state index >= 15 is 0 Å². The Morgan fingerprint density at radius 1 is 0.760 bits per heavy atom. The normalized spacial score (nSPS) is 11.7. The lowest BCUT2D eigenvalue weighted by Crippen LogP contribution is -2.13. The summed E-state index contributed by atoms with van der Waals surface area (Å²) in [4.78, 5) is 4.86. The van der Waals surface area contributed by atoms with Crippen molar-refractivity contribution in [2.75, 3.05) is 4.72 Å². The van der Waals surface area contributed by atoms with Crippen molar-refractivity contribution < 1.29 is 8.42 Å². The van der Waals surface area contributed by atoms with Gasteiger partial charge in [-0.05, 0) is 31.2 Å². The molecule has 1 heterocycles. The zero-order valence-corrected chi connectivity index (χ0v) is 14.4. The molecule has 0 radical (unpaired) electrons. The zero-order valence-electron chi connectivity index (χ0n) is 13.6. The molecule has 0 aliphatic rings. The standard InChI is InChI=1S/C20H16N2O2S/c1-14-10-12-15(13-11-14)25(23,24)22-20-16-6-2-4-8-18(16)21-19-9-5-3-7-17(19)20/h2-13H,1H3,(H,21,22). The molecule has 0 spiro atoms. The minimum Gasteiger partial charge on any atom is -0.278 e. The van der Waals surface area contributed by atoms with Crippen LogP contribution in [0.4, 0.5) is 5.69 Å². The Labute approximate surface area is 146 Å². The van der Waals surface area contributed by atoms with Crippen LogP contribution in [-0.2, 0) is 10.0 Å². The maximum absolute atomic E-state index is 12.9. The smallest absolute Gasteiger partial charge is 0.261 e. The van der Waals surface area contributed by atoms with Crippen LogP contribution in [0, 0.1) is 6.92 Å². The number of anilines is 1. The van der Waals surface area contributed by atoms with Gasteiger partial charge in [-0.2, -0.15) is 0 Å². The molecule has 4 rings (SSSR count). The van der Waals surface area contributed by atoms with Crippen molar-refractivity contribution in [1.29, 1.82) is 0 Å². The van der Waals surface area contributed by atoms with E-state index in [1.165, 1.54) is 0 Å². The summed E-state index contributed by atoms with van der Waals surface area (Å²) in [5.41, 5.74) is 3.08. The van der Waals surface area contributed by atoms with E-state index in [1.807, 2.05) is 55.5 Å². The van der Waals surface area contributed by atoms with E-state index in [2.05, 4.69) is 9.71 Å². The van der Waals surface area contributed by atoms with Crippen LogP contribution in [0.3, 0.4) is 0 Å². The van der Waals surface area contributed by atoms with Crippen molar-refractivity contribution in [3.63, 3.8) is 0 Å². The number of hydrogen-bond acceptors (Lipinski definition) is 3. The number of sulfonamides is 1. The second-order valence-electron chi connectivity index (χ2n) is 5.94. The van der Waals surface area contributed by atoms with Gasteiger partial charge in [-0.3, -0.25) is 4.72 Å². The molecule has 0 bridgehead atoms. The fourth-order valence-corrected chi connectivity index (χ4v) is 3.96. The van der Waals surface area contributed by atoms with Crippen molar-refractivity contribution in [1.82, 2.24) is 4.98 Å². The van der Waals surface area contributed by atoms with Crippen LogP contribution in [0.2, 0.25) is 0 Å². The number of hydrogen-bond donors (Lipinski definition) is 1. The van der Waals surface area contributed by atoms with Gasteiger partial charge in [-0.1, -0.05) is 54.1 Å². The van der Waals surface area contributed by atoms with Crippen LogP contribution in [0.5, 0.6) is 0 Å². The van der Waals surface area contributed by atoms with Gasteiger partial charge in [0.05, 0.1) is 21.6 Å². The molecule has 124 valence electrons. The average molecular weight is 348 g/mol. The summed E-state index contributed by atoms with van der Waals surface area (Å²) >= 11 is 0. The second kappa shape index (κ2) is 5.86. The highest BCUT2D eigenvalue weighted by molar-refractivity contribution is 7.92. The molecule has 0 aliphatic carbocycles. The van der Waals surface area contributed by atoms with Crippen molar-refractivity contribution >= 4 is 37.5 Å². The topological polar surface area (TPSA) is 59.1 Å². The minimum absolute atomic E-state index is 0.239. The number of benzene rings is 3. The van der Waals surface area contributed by atoms with E-state index in [-0.39, 0.29) is 4.90 Å². The summed E-state index contributed by atoms with van der Waals surface area (Å²) in [7, 11) is -3.69. The number of nitrogens with one attached hydrogen (secondary N) is 1. The highest BCUT2D eigenvalue weighted by Crippen LogP contribution is 2.32. The highest BCUT2D eigenvalue weighted by atomic mass is 32.2. The lowest BCUT2D eigenvalue weighted by molar-refractivity contribution is 0.601. The van der Waals surface area contributed by atoms with Crippen molar-refractivity contribution in [2.24, 2.45) is 0 Å². The predicted molar refractivity (Wildman–Crippen MR) is 101 cm³/mol. The summed E-state index contributed by atoms with van der Waals surface area (Å²) in [6.07, 6.45) is 0. The zero-order chi connectivity index (χ0) is 17.4. The molecule has 0 saturated carbocycles. The first-order chi connectivity index (χ1) is 12.0. The molecule has 0 amide bonds. The van der Waals surface area contributed by atoms with Crippen molar-refractivity contribution in [2.45, 2.75) is 11.8 Å². The Morgan fingerprint density at radius 2 is 1.28 bits per heavy atom. The van der Waals surface area contributed by atoms with Gasteiger partial charge in [0.1, 0.15) is 0 Å². The van der Waals surface area contributed by atoms with Crippen LogP contribution in [0.25, 0.3) is 21.8 Å². The lowest BCUT2D eigenvalue weighted by Gasteiger charge is -2.13. The molecule has 0 saturated heterocycles. The summed E-state index contributed by atoms with van der Waals surface area (Å²) in [6, 6.07) is 21.9. The van der Waals surface area contributed by atoms with Gasteiger partial charge in [0.15, 0.2) is 0 Å². The monoisotopic (exact) mass is 348 g/mol. The maximum atomic E-state index is 12.9. The van der Waals surface area contributed by atoms with Crippen LogP contribution in [0.1, 0.15) is 5.56 Å². The summed E-state index contributed by atoms with van der Waals surface area (Å²) in [5.74, 6) is 0. The second-order valence-corrected chi connectivity index (χ2v) is 7.62. The Hall–Kier alpha value is -2.92.